The second-order valence-electron chi connectivity index (χ2n) is 5.31. The predicted octanol–water partition coefficient (Wildman–Crippen LogP) is 5.53. The van der Waals surface area contributed by atoms with E-state index in [0.717, 1.165) is 39.1 Å². The molecule has 3 aromatic rings. The first-order valence-electron chi connectivity index (χ1n) is 7.39. The maximum Gasteiger partial charge on any atom is 0.134 e. The summed E-state index contributed by atoms with van der Waals surface area (Å²) in [5.74, 6) is 2.53. The van der Waals surface area contributed by atoms with Crippen LogP contribution in [0.5, 0.6) is 5.75 Å². The zero-order chi connectivity index (χ0) is 16.2. The maximum absolute atomic E-state index is 6.17. The van der Waals surface area contributed by atoms with Crippen molar-refractivity contribution in [2.45, 2.75) is 13.5 Å². The fraction of sp³-hybridized carbons (Fsp3) is 0.158. The summed E-state index contributed by atoms with van der Waals surface area (Å²) in [6.07, 6.45) is 0. The van der Waals surface area contributed by atoms with E-state index in [1.807, 2.05) is 61.5 Å². The van der Waals surface area contributed by atoms with Gasteiger partial charge in [0.25, 0.3) is 0 Å². The van der Waals surface area contributed by atoms with E-state index in [1.54, 1.807) is 7.11 Å². The van der Waals surface area contributed by atoms with E-state index >= 15 is 0 Å². The highest BCUT2D eigenvalue weighted by molar-refractivity contribution is 6.31. The van der Waals surface area contributed by atoms with Crippen LogP contribution < -0.4 is 10.1 Å². The Morgan fingerprint density at radius 3 is 2.52 bits per heavy atom. The van der Waals surface area contributed by atoms with E-state index in [-0.39, 0.29) is 0 Å². The molecule has 1 N–H and O–H groups in total. The van der Waals surface area contributed by atoms with Gasteiger partial charge in [-0.25, -0.2) is 0 Å². The highest BCUT2D eigenvalue weighted by Crippen LogP contribution is 2.27. The molecule has 23 heavy (non-hydrogen) atoms. The summed E-state index contributed by atoms with van der Waals surface area (Å²) < 4.78 is 11.0. The fourth-order valence-electron chi connectivity index (χ4n) is 2.27. The fourth-order valence-corrected chi connectivity index (χ4v) is 2.45. The third-order valence-electron chi connectivity index (χ3n) is 3.67. The first-order valence-corrected chi connectivity index (χ1v) is 7.76. The quantitative estimate of drug-likeness (QED) is 0.669. The van der Waals surface area contributed by atoms with Gasteiger partial charge in [-0.2, -0.15) is 0 Å². The molecule has 0 aliphatic carbocycles. The Balaban J connectivity index is 1.67. The van der Waals surface area contributed by atoms with Crippen molar-refractivity contribution in [3.63, 3.8) is 0 Å². The number of ether oxygens (including phenoxy) is 1. The van der Waals surface area contributed by atoms with E-state index in [4.69, 9.17) is 20.8 Å². The zero-order valence-electron chi connectivity index (χ0n) is 13.1. The van der Waals surface area contributed by atoms with Crippen LogP contribution in [0, 0.1) is 6.92 Å². The number of rotatable bonds is 5. The van der Waals surface area contributed by atoms with Gasteiger partial charge in [0.1, 0.15) is 17.3 Å². The van der Waals surface area contributed by atoms with Crippen molar-refractivity contribution in [3.8, 4) is 17.1 Å². The molecule has 0 amide bonds. The normalized spacial score (nSPS) is 10.6. The Kier molecular flexibility index (Phi) is 4.58. The van der Waals surface area contributed by atoms with Crippen LogP contribution in [0.25, 0.3) is 11.3 Å². The number of anilines is 1. The van der Waals surface area contributed by atoms with Crippen LogP contribution in [0.3, 0.4) is 0 Å². The van der Waals surface area contributed by atoms with Crippen LogP contribution in [0.15, 0.2) is 59.0 Å². The predicted molar refractivity (Wildman–Crippen MR) is 94.2 cm³/mol. The molecular weight excluding hydrogens is 310 g/mol. The van der Waals surface area contributed by atoms with Gasteiger partial charge in [0, 0.05) is 16.3 Å². The Bertz CT molecular complexity index is 793. The largest absolute Gasteiger partial charge is 0.497 e. The van der Waals surface area contributed by atoms with Gasteiger partial charge in [-0.1, -0.05) is 23.7 Å². The van der Waals surface area contributed by atoms with Gasteiger partial charge in [-0.15, -0.1) is 0 Å². The third kappa shape index (κ3) is 3.69. The van der Waals surface area contributed by atoms with Crippen LogP contribution in [0.4, 0.5) is 5.69 Å². The Morgan fingerprint density at radius 1 is 1.04 bits per heavy atom. The van der Waals surface area contributed by atoms with Crippen LogP contribution >= 0.6 is 11.6 Å². The summed E-state index contributed by atoms with van der Waals surface area (Å²) in [6.45, 7) is 2.60. The number of methoxy groups -OCH3 is 1. The molecule has 1 heterocycles. The van der Waals surface area contributed by atoms with Crippen LogP contribution in [0.2, 0.25) is 5.02 Å². The summed E-state index contributed by atoms with van der Waals surface area (Å²) in [6, 6.07) is 17.7. The van der Waals surface area contributed by atoms with E-state index in [0.29, 0.717) is 6.54 Å². The highest BCUT2D eigenvalue weighted by Gasteiger charge is 2.06. The lowest BCUT2D eigenvalue weighted by molar-refractivity contribution is 0.415. The standard InChI is InChI=1S/C19H18ClNO2/c1-13-3-4-14(11-18(13)20)19-10-9-17(23-19)12-21-15-5-7-16(22-2)8-6-15/h3-11,21H,12H2,1-2H3. The van der Waals surface area contributed by atoms with Gasteiger partial charge in [0.05, 0.1) is 13.7 Å². The lowest BCUT2D eigenvalue weighted by Gasteiger charge is -2.06. The lowest BCUT2D eigenvalue weighted by Crippen LogP contribution is -1.97. The van der Waals surface area contributed by atoms with Crippen molar-refractivity contribution < 1.29 is 9.15 Å². The average Bonchev–Trinajstić information content (AvgIpc) is 3.05. The second-order valence-corrected chi connectivity index (χ2v) is 5.72. The average molecular weight is 328 g/mol. The van der Waals surface area contributed by atoms with Gasteiger partial charge in [-0.3, -0.25) is 0 Å². The minimum Gasteiger partial charge on any atom is -0.497 e. The SMILES string of the molecule is COc1ccc(NCc2ccc(-c3ccc(C)c(Cl)c3)o2)cc1. The number of aryl methyl sites for hydroxylation is 1. The molecule has 0 unspecified atom stereocenters. The maximum atomic E-state index is 6.17. The van der Waals surface area contributed by atoms with Crippen molar-refractivity contribution in [2.75, 3.05) is 12.4 Å². The smallest absolute Gasteiger partial charge is 0.134 e. The second kappa shape index (κ2) is 6.80. The van der Waals surface area contributed by atoms with E-state index < -0.39 is 0 Å². The summed E-state index contributed by atoms with van der Waals surface area (Å²) in [5, 5.41) is 4.07. The number of halogens is 1. The number of hydrogen-bond donors (Lipinski definition) is 1. The first kappa shape index (κ1) is 15.5. The third-order valence-corrected chi connectivity index (χ3v) is 4.08. The Morgan fingerprint density at radius 2 is 1.83 bits per heavy atom. The molecule has 118 valence electrons. The molecule has 0 aliphatic rings. The Labute approximate surface area is 140 Å². The van der Waals surface area contributed by atoms with Gasteiger partial charge in [0.2, 0.25) is 0 Å². The van der Waals surface area contributed by atoms with Crippen molar-refractivity contribution in [1.29, 1.82) is 0 Å². The van der Waals surface area contributed by atoms with Gasteiger partial charge >= 0.3 is 0 Å². The molecule has 4 heteroatoms. The van der Waals surface area contributed by atoms with E-state index in [2.05, 4.69) is 5.32 Å². The van der Waals surface area contributed by atoms with Crippen molar-refractivity contribution in [3.05, 3.63) is 70.9 Å². The molecule has 0 bridgehead atoms. The lowest BCUT2D eigenvalue weighted by atomic mass is 10.1. The monoisotopic (exact) mass is 327 g/mol. The van der Waals surface area contributed by atoms with Crippen molar-refractivity contribution >= 4 is 17.3 Å². The summed E-state index contributed by atoms with van der Waals surface area (Å²) in [4.78, 5) is 0. The molecular formula is C19H18ClNO2. The minimum atomic E-state index is 0.617. The summed E-state index contributed by atoms with van der Waals surface area (Å²) in [5.41, 5.74) is 3.06. The highest BCUT2D eigenvalue weighted by atomic mass is 35.5. The first-order chi connectivity index (χ1) is 11.2. The van der Waals surface area contributed by atoms with Crippen molar-refractivity contribution in [2.24, 2.45) is 0 Å². The molecule has 3 rings (SSSR count). The summed E-state index contributed by atoms with van der Waals surface area (Å²) in [7, 11) is 1.66. The van der Waals surface area contributed by atoms with Crippen molar-refractivity contribution in [1.82, 2.24) is 0 Å². The van der Waals surface area contributed by atoms with Gasteiger partial charge < -0.3 is 14.5 Å². The molecule has 0 saturated heterocycles. The molecule has 0 fully saturated rings. The molecule has 0 saturated carbocycles. The molecule has 0 spiro atoms. The van der Waals surface area contributed by atoms with E-state index in [1.165, 1.54) is 0 Å². The van der Waals surface area contributed by atoms with Gasteiger partial charge in [-0.05, 0) is 55.0 Å². The molecule has 0 atom stereocenters. The van der Waals surface area contributed by atoms with Gasteiger partial charge in [0.15, 0.2) is 0 Å². The van der Waals surface area contributed by atoms with Crippen LogP contribution in [-0.2, 0) is 6.54 Å². The molecule has 2 aromatic carbocycles. The minimum absolute atomic E-state index is 0.617. The number of nitrogens with one attached hydrogen (secondary N) is 1. The van der Waals surface area contributed by atoms with Crippen LogP contribution in [0.1, 0.15) is 11.3 Å². The van der Waals surface area contributed by atoms with E-state index in [9.17, 15) is 0 Å². The number of benzene rings is 2. The van der Waals surface area contributed by atoms with Crippen LogP contribution in [-0.4, -0.2) is 7.11 Å². The number of hydrogen-bond acceptors (Lipinski definition) is 3. The summed E-state index contributed by atoms with van der Waals surface area (Å²) >= 11 is 6.17. The molecule has 0 radical (unpaired) electrons. The Hall–Kier alpha value is -2.39. The molecule has 3 nitrogen and oxygen atoms in total. The molecule has 0 aliphatic heterocycles. The molecule has 1 aromatic heterocycles. The number of furan rings is 1. The zero-order valence-corrected chi connectivity index (χ0v) is 13.9. The topological polar surface area (TPSA) is 34.4 Å².